The number of piperazine rings is 1. The molecule has 0 aliphatic carbocycles. The first-order valence-electron chi connectivity index (χ1n) is 10.8. The number of aromatic nitrogens is 1. The predicted octanol–water partition coefficient (Wildman–Crippen LogP) is 4.08. The Kier molecular flexibility index (Phi) is 7.32. The number of pyridine rings is 1. The number of anilines is 2. The first-order chi connectivity index (χ1) is 16.5. The van der Waals surface area contributed by atoms with Crippen molar-refractivity contribution in [2.24, 2.45) is 0 Å². The van der Waals surface area contributed by atoms with Crippen molar-refractivity contribution in [1.29, 1.82) is 0 Å². The van der Waals surface area contributed by atoms with E-state index in [-0.39, 0.29) is 11.8 Å². The van der Waals surface area contributed by atoms with Gasteiger partial charge in [-0.1, -0.05) is 0 Å². The third kappa shape index (κ3) is 5.48. The molecule has 1 N–H and O–H groups in total. The van der Waals surface area contributed by atoms with Gasteiger partial charge >= 0.3 is 0 Å². The molecular formula is C25H25BrN4O4. The molecule has 1 aliphatic heterocycles. The molecule has 1 aliphatic rings. The van der Waals surface area contributed by atoms with Crippen molar-refractivity contribution in [1.82, 2.24) is 9.88 Å². The number of carbonyl (C=O) groups is 2. The van der Waals surface area contributed by atoms with Gasteiger partial charge in [0.15, 0.2) is 0 Å². The third-order valence-corrected chi connectivity index (χ3v) is 6.06. The van der Waals surface area contributed by atoms with Crippen molar-refractivity contribution < 1.29 is 19.1 Å². The molecule has 0 atom stereocenters. The molecule has 1 saturated heterocycles. The zero-order valence-electron chi connectivity index (χ0n) is 19.0. The van der Waals surface area contributed by atoms with E-state index in [1.807, 2.05) is 29.2 Å². The number of carbonyl (C=O) groups excluding carboxylic acids is 2. The maximum Gasteiger partial charge on any atom is 0.257 e. The summed E-state index contributed by atoms with van der Waals surface area (Å²) >= 11 is 3.32. The van der Waals surface area contributed by atoms with E-state index >= 15 is 0 Å². The number of hydrogen-bond donors (Lipinski definition) is 1. The summed E-state index contributed by atoms with van der Waals surface area (Å²) in [5.41, 5.74) is 2.77. The van der Waals surface area contributed by atoms with Crippen molar-refractivity contribution >= 4 is 39.1 Å². The summed E-state index contributed by atoms with van der Waals surface area (Å²) in [7, 11) is 3.13. The first-order valence-corrected chi connectivity index (χ1v) is 11.6. The number of halogens is 1. The fourth-order valence-electron chi connectivity index (χ4n) is 3.78. The van der Waals surface area contributed by atoms with Gasteiger partial charge in [-0.3, -0.25) is 14.6 Å². The second-order valence-electron chi connectivity index (χ2n) is 7.77. The van der Waals surface area contributed by atoms with E-state index in [0.717, 1.165) is 10.2 Å². The highest BCUT2D eigenvalue weighted by atomic mass is 79.9. The summed E-state index contributed by atoms with van der Waals surface area (Å²) in [6.07, 6.45) is 3.16. The van der Waals surface area contributed by atoms with Gasteiger partial charge in [-0.15, -0.1) is 0 Å². The Bertz CT molecular complexity index is 1160. The molecule has 2 aromatic carbocycles. The molecule has 9 heteroatoms. The van der Waals surface area contributed by atoms with Crippen LogP contribution in [0.2, 0.25) is 0 Å². The lowest BCUT2D eigenvalue weighted by Crippen LogP contribution is -2.48. The first kappa shape index (κ1) is 23.6. The number of hydrogen-bond acceptors (Lipinski definition) is 6. The monoisotopic (exact) mass is 524 g/mol. The molecule has 0 bridgehead atoms. The number of ether oxygens (including phenoxy) is 2. The van der Waals surface area contributed by atoms with Gasteiger partial charge in [-0.05, 0) is 58.4 Å². The minimum atomic E-state index is -0.220. The van der Waals surface area contributed by atoms with Crippen molar-refractivity contribution in [3.63, 3.8) is 0 Å². The number of amides is 2. The predicted molar refractivity (Wildman–Crippen MR) is 134 cm³/mol. The van der Waals surface area contributed by atoms with Gasteiger partial charge in [-0.2, -0.15) is 0 Å². The molecule has 176 valence electrons. The molecule has 34 heavy (non-hydrogen) atoms. The Balaban J connectivity index is 1.35. The standard InChI is InChI=1S/C25H25BrN4O4/c1-33-22-12-17(13-23(14-22)34-2)25(32)30-9-7-29(8-10-30)21-5-3-20(4-6-21)28-24(31)18-11-19(26)16-27-15-18/h3-6,11-16H,7-10H2,1-2H3,(H,28,31). The van der Waals surface area contributed by atoms with Crippen LogP contribution in [0.15, 0.2) is 65.4 Å². The second kappa shape index (κ2) is 10.6. The molecule has 0 saturated carbocycles. The van der Waals surface area contributed by atoms with E-state index in [4.69, 9.17) is 9.47 Å². The Morgan fingerprint density at radius 2 is 1.53 bits per heavy atom. The Morgan fingerprint density at radius 3 is 2.12 bits per heavy atom. The van der Waals surface area contributed by atoms with Crippen LogP contribution in [0.1, 0.15) is 20.7 Å². The maximum atomic E-state index is 13.0. The van der Waals surface area contributed by atoms with Gasteiger partial charge in [0.25, 0.3) is 11.8 Å². The van der Waals surface area contributed by atoms with Crippen molar-refractivity contribution in [3.8, 4) is 11.5 Å². The molecule has 3 aromatic rings. The van der Waals surface area contributed by atoms with E-state index in [1.165, 1.54) is 6.20 Å². The largest absolute Gasteiger partial charge is 0.497 e. The lowest BCUT2D eigenvalue weighted by atomic mass is 10.1. The lowest BCUT2D eigenvalue weighted by Gasteiger charge is -2.36. The molecular weight excluding hydrogens is 500 g/mol. The van der Waals surface area contributed by atoms with Crippen LogP contribution in [0.4, 0.5) is 11.4 Å². The van der Waals surface area contributed by atoms with Gasteiger partial charge in [0.2, 0.25) is 0 Å². The van der Waals surface area contributed by atoms with Crippen molar-refractivity contribution in [2.75, 3.05) is 50.6 Å². The van der Waals surface area contributed by atoms with Crippen molar-refractivity contribution in [3.05, 3.63) is 76.5 Å². The highest BCUT2D eigenvalue weighted by Crippen LogP contribution is 2.25. The fraction of sp³-hybridized carbons (Fsp3) is 0.240. The Hall–Kier alpha value is -3.59. The third-order valence-electron chi connectivity index (χ3n) is 5.62. The van der Waals surface area contributed by atoms with Crippen LogP contribution in [0, 0.1) is 0 Å². The molecule has 8 nitrogen and oxygen atoms in total. The fourth-order valence-corrected chi connectivity index (χ4v) is 4.14. The molecule has 2 heterocycles. The highest BCUT2D eigenvalue weighted by Gasteiger charge is 2.23. The maximum absolute atomic E-state index is 13.0. The van der Waals surface area contributed by atoms with Gasteiger partial charge in [0, 0.05) is 66.1 Å². The number of benzene rings is 2. The minimum Gasteiger partial charge on any atom is -0.497 e. The molecule has 0 spiro atoms. The van der Waals surface area contributed by atoms with Gasteiger partial charge in [-0.25, -0.2) is 0 Å². The van der Waals surface area contributed by atoms with Crippen molar-refractivity contribution in [2.45, 2.75) is 0 Å². The summed E-state index contributed by atoms with van der Waals surface area (Å²) < 4.78 is 11.3. The normalized spacial score (nSPS) is 13.4. The van der Waals surface area contributed by atoms with Crippen LogP contribution in [0.5, 0.6) is 11.5 Å². The number of methoxy groups -OCH3 is 2. The van der Waals surface area contributed by atoms with E-state index in [0.29, 0.717) is 54.5 Å². The molecule has 1 fully saturated rings. The van der Waals surface area contributed by atoms with Gasteiger partial charge in [0.05, 0.1) is 19.8 Å². The topological polar surface area (TPSA) is 84.0 Å². The molecule has 0 unspecified atom stereocenters. The van der Waals surface area contributed by atoms with Gasteiger partial charge < -0.3 is 24.6 Å². The van der Waals surface area contributed by atoms with Crippen LogP contribution in [-0.4, -0.2) is 62.1 Å². The minimum absolute atomic E-state index is 0.0445. The summed E-state index contributed by atoms with van der Waals surface area (Å²) in [4.78, 5) is 33.5. The number of nitrogens with one attached hydrogen (secondary N) is 1. The highest BCUT2D eigenvalue weighted by molar-refractivity contribution is 9.10. The van der Waals surface area contributed by atoms with Crippen LogP contribution >= 0.6 is 15.9 Å². The van der Waals surface area contributed by atoms with Gasteiger partial charge in [0.1, 0.15) is 11.5 Å². The average molecular weight is 525 g/mol. The molecule has 2 amide bonds. The Labute approximate surface area is 206 Å². The van der Waals surface area contributed by atoms with Crippen LogP contribution in [0.3, 0.4) is 0 Å². The Morgan fingerprint density at radius 1 is 0.882 bits per heavy atom. The zero-order valence-corrected chi connectivity index (χ0v) is 20.5. The lowest BCUT2D eigenvalue weighted by molar-refractivity contribution is 0.0746. The molecule has 0 radical (unpaired) electrons. The molecule has 1 aromatic heterocycles. The number of rotatable bonds is 6. The SMILES string of the molecule is COc1cc(OC)cc(C(=O)N2CCN(c3ccc(NC(=O)c4cncc(Br)c4)cc3)CC2)c1. The van der Waals surface area contributed by atoms with E-state index in [9.17, 15) is 9.59 Å². The second-order valence-corrected chi connectivity index (χ2v) is 8.69. The van der Waals surface area contributed by atoms with E-state index < -0.39 is 0 Å². The summed E-state index contributed by atoms with van der Waals surface area (Å²) in [5.74, 6) is 0.911. The van der Waals surface area contributed by atoms with E-state index in [1.54, 1.807) is 44.7 Å². The molecule has 4 rings (SSSR count). The van der Waals surface area contributed by atoms with Crippen LogP contribution in [-0.2, 0) is 0 Å². The zero-order chi connectivity index (χ0) is 24.1. The summed E-state index contributed by atoms with van der Waals surface area (Å²) in [6.45, 7) is 2.63. The quantitative estimate of drug-likeness (QED) is 0.523. The average Bonchev–Trinajstić information content (AvgIpc) is 2.88. The van der Waals surface area contributed by atoms with E-state index in [2.05, 4.69) is 31.1 Å². The number of nitrogens with zero attached hydrogens (tertiary/aromatic N) is 3. The van der Waals surface area contributed by atoms with Crippen LogP contribution < -0.4 is 19.7 Å². The summed E-state index contributed by atoms with van der Waals surface area (Å²) in [5, 5.41) is 2.88. The van der Waals surface area contributed by atoms with Crippen LogP contribution in [0.25, 0.3) is 0 Å². The smallest absolute Gasteiger partial charge is 0.257 e. The summed E-state index contributed by atoms with van der Waals surface area (Å²) in [6, 6.07) is 14.6.